The Morgan fingerprint density at radius 2 is 2.24 bits per heavy atom. The standard InChI is InChI=1S/C13H19N5O2S/c14-9-12-8-13(10-18(12)11-2-3-11)21(19,20)16-5-7-17-6-1-4-15-17/h1,4,6,8,10-11,16H,2-3,5,7,9,14H2. The summed E-state index contributed by atoms with van der Waals surface area (Å²) in [5.41, 5.74) is 6.56. The third kappa shape index (κ3) is 3.17. The Morgan fingerprint density at radius 3 is 2.86 bits per heavy atom. The van der Waals surface area contributed by atoms with Gasteiger partial charge in [-0.25, -0.2) is 13.1 Å². The number of aromatic nitrogens is 3. The number of nitrogens with zero attached hydrogens (tertiary/aromatic N) is 3. The topological polar surface area (TPSA) is 94.9 Å². The lowest BCUT2D eigenvalue weighted by atomic mass is 10.4. The molecule has 8 heteroatoms. The molecule has 114 valence electrons. The van der Waals surface area contributed by atoms with E-state index >= 15 is 0 Å². The van der Waals surface area contributed by atoms with E-state index in [0.717, 1.165) is 18.5 Å². The van der Waals surface area contributed by atoms with E-state index in [1.165, 1.54) is 0 Å². The molecular formula is C13H19N5O2S. The van der Waals surface area contributed by atoms with E-state index < -0.39 is 10.0 Å². The first kappa shape index (κ1) is 14.3. The molecule has 0 aromatic carbocycles. The third-order valence-electron chi connectivity index (χ3n) is 3.56. The van der Waals surface area contributed by atoms with E-state index in [4.69, 9.17) is 5.73 Å². The lowest BCUT2D eigenvalue weighted by Crippen LogP contribution is -2.27. The van der Waals surface area contributed by atoms with Gasteiger partial charge < -0.3 is 10.3 Å². The fraction of sp³-hybridized carbons (Fsp3) is 0.462. The molecule has 0 spiro atoms. The molecule has 2 aromatic heterocycles. The van der Waals surface area contributed by atoms with Crippen LogP contribution in [0.25, 0.3) is 0 Å². The van der Waals surface area contributed by atoms with Crippen LogP contribution in [-0.2, 0) is 23.1 Å². The lowest BCUT2D eigenvalue weighted by molar-refractivity contribution is 0.560. The smallest absolute Gasteiger partial charge is 0.242 e. The molecule has 0 aliphatic heterocycles. The van der Waals surface area contributed by atoms with Crippen LogP contribution < -0.4 is 10.5 Å². The molecule has 2 aromatic rings. The first-order valence-corrected chi connectivity index (χ1v) is 8.46. The SMILES string of the molecule is NCc1cc(S(=O)(=O)NCCn2cccn2)cn1C1CC1. The number of hydrogen-bond donors (Lipinski definition) is 2. The van der Waals surface area contributed by atoms with Crippen LogP contribution in [0, 0.1) is 0 Å². The minimum Gasteiger partial charge on any atom is -0.346 e. The summed E-state index contributed by atoms with van der Waals surface area (Å²) in [4.78, 5) is 0.287. The van der Waals surface area contributed by atoms with Crippen molar-refractivity contribution in [1.29, 1.82) is 0 Å². The molecule has 3 rings (SSSR count). The molecule has 21 heavy (non-hydrogen) atoms. The second-order valence-corrected chi connectivity index (χ2v) is 6.94. The molecule has 1 fully saturated rings. The second-order valence-electron chi connectivity index (χ2n) is 5.18. The van der Waals surface area contributed by atoms with Crippen molar-refractivity contribution in [3.05, 3.63) is 36.4 Å². The van der Waals surface area contributed by atoms with Crippen molar-refractivity contribution in [1.82, 2.24) is 19.1 Å². The van der Waals surface area contributed by atoms with Crippen LogP contribution in [0.4, 0.5) is 0 Å². The highest BCUT2D eigenvalue weighted by Gasteiger charge is 2.27. The molecule has 1 aliphatic carbocycles. The largest absolute Gasteiger partial charge is 0.346 e. The summed E-state index contributed by atoms with van der Waals surface area (Å²) < 4.78 is 30.8. The minimum absolute atomic E-state index is 0.287. The quantitative estimate of drug-likeness (QED) is 0.776. The maximum Gasteiger partial charge on any atom is 0.242 e. The van der Waals surface area contributed by atoms with Gasteiger partial charge in [0, 0.05) is 43.4 Å². The second kappa shape index (κ2) is 5.63. The predicted octanol–water partition coefficient (Wildman–Crippen LogP) is 0.457. The molecule has 1 saturated carbocycles. The molecule has 0 atom stereocenters. The Hall–Kier alpha value is -1.64. The summed E-state index contributed by atoms with van der Waals surface area (Å²) in [6.45, 7) is 1.15. The van der Waals surface area contributed by atoms with Crippen LogP contribution in [0.1, 0.15) is 24.6 Å². The molecule has 1 aliphatic rings. The van der Waals surface area contributed by atoms with Crippen molar-refractivity contribution in [3.8, 4) is 0 Å². The van der Waals surface area contributed by atoms with E-state index in [2.05, 4.69) is 9.82 Å². The Labute approximate surface area is 123 Å². The van der Waals surface area contributed by atoms with E-state index in [0.29, 0.717) is 25.7 Å². The summed E-state index contributed by atoms with van der Waals surface area (Å²) in [7, 11) is -3.50. The van der Waals surface area contributed by atoms with Crippen molar-refractivity contribution < 1.29 is 8.42 Å². The molecule has 3 N–H and O–H groups in total. The van der Waals surface area contributed by atoms with E-state index in [1.807, 2.05) is 4.57 Å². The summed E-state index contributed by atoms with van der Waals surface area (Å²) in [6.07, 6.45) is 7.33. The van der Waals surface area contributed by atoms with Crippen molar-refractivity contribution in [3.63, 3.8) is 0 Å². The van der Waals surface area contributed by atoms with Gasteiger partial charge >= 0.3 is 0 Å². The zero-order valence-electron chi connectivity index (χ0n) is 11.6. The number of hydrogen-bond acceptors (Lipinski definition) is 4. The van der Waals surface area contributed by atoms with Gasteiger partial charge in [-0.1, -0.05) is 0 Å². The maximum atomic E-state index is 12.3. The van der Waals surface area contributed by atoms with Gasteiger partial charge in [-0.15, -0.1) is 0 Å². The molecule has 0 bridgehead atoms. The Kier molecular flexibility index (Phi) is 3.83. The highest BCUT2D eigenvalue weighted by molar-refractivity contribution is 7.89. The fourth-order valence-corrected chi connectivity index (χ4v) is 3.38. The van der Waals surface area contributed by atoms with Crippen LogP contribution in [0.3, 0.4) is 0 Å². The van der Waals surface area contributed by atoms with Crippen LogP contribution >= 0.6 is 0 Å². The van der Waals surface area contributed by atoms with Gasteiger partial charge in [0.2, 0.25) is 10.0 Å². The summed E-state index contributed by atoms with van der Waals surface area (Å²) in [5, 5.41) is 4.03. The first-order chi connectivity index (χ1) is 10.1. The predicted molar refractivity (Wildman–Crippen MR) is 78.0 cm³/mol. The van der Waals surface area contributed by atoms with Crippen molar-refractivity contribution in [2.75, 3.05) is 6.54 Å². The van der Waals surface area contributed by atoms with Crippen LogP contribution in [0.5, 0.6) is 0 Å². The number of sulfonamides is 1. The molecule has 0 unspecified atom stereocenters. The first-order valence-electron chi connectivity index (χ1n) is 6.98. The summed E-state index contributed by atoms with van der Waals surface area (Å²) in [6, 6.07) is 3.88. The Balaban J connectivity index is 1.69. The molecule has 2 heterocycles. The normalized spacial score (nSPS) is 15.5. The minimum atomic E-state index is -3.50. The number of nitrogens with two attached hydrogens (primary N) is 1. The fourth-order valence-electron chi connectivity index (χ4n) is 2.31. The van der Waals surface area contributed by atoms with E-state index in [1.54, 1.807) is 35.4 Å². The average molecular weight is 309 g/mol. The Morgan fingerprint density at radius 1 is 1.43 bits per heavy atom. The summed E-state index contributed by atoms with van der Waals surface area (Å²) >= 11 is 0. The molecular weight excluding hydrogens is 290 g/mol. The zero-order valence-corrected chi connectivity index (χ0v) is 12.5. The molecule has 0 amide bonds. The summed E-state index contributed by atoms with van der Waals surface area (Å²) in [5.74, 6) is 0. The van der Waals surface area contributed by atoms with Crippen LogP contribution in [-0.4, -0.2) is 29.3 Å². The van der Waals surface area contributed by atoms with Crippen molar-refractivity contribution in [2.24, 2.45) is 5.73 Å². The number of rotatable bonds is 7. The van der Waals surface area contributed by atoms with Gasteiger partial charge in [-0.2, -0.15) is 5.10 Å². The van der Waals surface area contributed by atoms with Gasteiger partial charge in [0.15, 0.2) is 0 Å². The van der Waals surface area contributed by atoms with Crippen LogP contribution in [0.2, 0.25) is 0 Å². The zero-order chi connectivity index (χ0) is 14.9. The highest BCUT2D eigenvalue weighted by atomic mass is 32.2. The Bertz CT molecular complexity index is 701. The van der Waals surface area contributed by atoms with Gasteiger partial charge in [0.25, 0.3) is 0 Å². The third-order valence-corrected chi connectivity index (χ3v) is 4.99. The molecule has 7 nitrogen and oxygen atoms in total. The van der Waals surface area contributed by atoms with Gasteiger partial charge in [0.1, 0.15) is 0 Å². The average Bonchev–Trinajstić information content (AvgIpc) is 3.00. The number of nitrogens with one attached hydrogen (secondary N) is 1. The van der Waals surface area contributed by atoms with E-state index in [9.17, 15) is 8.42 Å². The van der Waals surface area contributed by atoms with E-state index in [-0.39, 0.29) is 4.90 Å². The van der Waals surface area contributed by atoms with Gasteiger partial charge in [0.05, 0.1) is 11.4 Å². The molecule has 0 radical (unpaired) electrons. The van der Waals surface area contributed by atoms with Crippen molar-refractivity contribution in [2.45, 2.75) is 36.9 Å². The lowest BCUT2D eigenvalue weighted by Gasteiger charge is -2.05. The maximum absolute atomic E-state index is 12.3. The van der Waals surface area contributed by atoms with Crippen LogP contribution in [0.15, 0.2) is 35.6 Å². The highest BCUT2D eigenvalue weighted by Crippen LogP contribution is 2.37. The van der Waals surface area contributed by atoms with Crippen molar-refractivity contribution >= 4 is 10.0 Å². The monoisotopic (exact) mass is 309 g/mol. The van der Waals surface area contributed by atoms with Gasteiger partial charge in [-0.05, 0) is 25.0 Å². The van der Waals surface area contributed by atoms with Gasteiger partial charge in [-0.3, -0.25) is 4.68 Å². The molecule has 0 saturated heterocycles.